The Hall–Kier alpha value is -1.18. The maximum Gasteiger partial charge on any atom is 0.246 e. The molecule has 1 unspecified atom stereocenters. The molecule has 7 nitrogen and oxygen atoms in total. The van der Waals surface area contributed by atoms with Crippen molar-refractivity contribution in [1.29, 1.82) is 0 Å². The van der Waals surface area contributed by atoms with E-state index in [0.717, 1.165) is 0 Å². The molecule has 1 aromatic heterocycles. The lowest BCUT2D eigenvalue weighted by molar-refractivity contribution is -0.141. The number of rotatable bonds is 9. The fourth-order valence-electron chi connectivity index (χ4n) is 2.43. The topological polar surface area (TPSA) is 94.5 Å². The van der Waals surface area contributed by atoms with Crippen LogP contribution >= 0.6 is 12.4 Å². The Morgan fingerprint density at radius 3 is 2.48 bits per heavy atom. The number of carbonyl (C=O) groups excluding carboxylic acids is 1. The Kier molecular flexibility index (Phi) is 9.34. The van der Waals surface area contributed by atoms with E-state index in [-0.39, 0.29) is 31.0 Å². The van der Waals surface area contributed by atoms with Crippen molar-refractivity contribution in [1.82, 2.24) is 15.0 Å². The van der Waals surface area contributed by atoms with Crippen LogP contribution < -0.4 is 5.73 Å². The van der Waals surface area contributed by atoms with Gasteiger partial charge in [-0.15, -0.1) is 12.4 Å². The first-order chi connectivity index (χ1) is 10.4. The van der Waals surface area contributed by atoms with E-state index in [1.807, 2.05) is 27.7 Å². The highest BCUT2D eigenvalue weighted by Crippen LogP contribution is 2.27. The molecular weight excluding hydrogens is 320 g/mol. The molecule has 0 saturated carbocycles. The molecule has 1 rings (SSSR count). The third-order valence-electron chi connectivity index (χ3n) is 4.18. The number of carbonyl (C=O) groups is 1. The molecule has 1 aromatic rings. The van der Waals surface area contributed by atoms with Crippen molar-refractivity contribution in [3.05, 3.63) is 11.7 Å². The van der Waals surface area contributed by atoms with Crippen LogP contribution in [0.4, 0.5) is 0 Å². The van der Waals surface area contributed by atoms with Gasteiger partial charge in [0.2, 0.25) is 11.8 Å². The zero-order valence-corrected chi connectivity index (χ0v) is 15.5. The third kappa shape index (κ3) is 5.16. The lowest BCUT2D eigenvalue weighted by Gasteiger charge is -2.32. The maximum atomic E-state index is 12.6. The molecule has 0 aliphatic heterocycles. The summed E-state index contributed by atoms with van der Waals surface area (Å²) >= 11 is 0. The van der Waals surface area contributed by atoms with Crippen molar-refractivity contribution in [2.75, 3.05) is 20.2 Å². The lowest BCUT2D eigenvalue weighted by Crippen LogP contribution is -2.45. The second-order valence-corrected chi connectivity index (χ2v) is 5.50. The molecule has 0 radical (unpaired) electrons. The predicted molar refractivity (Wildman–Crippen MR) is 90.1 cm³/mol. The van der Waals surface area contributed by atoms with Crippen LogP contribution in [0.1, 0.15) is 58.4 Å². The largest absolute Gasteiger partial charge is 0.371 e. The van der Waals surface area contributed by atoms with E-state index in [0.29, 0.717) is 37.7 Å². The van der Waals surface area contributed by atoms with Gasteiger partial charge in [-0.05, 0) is 26.7 Å². The zero-order valence-electron chi connectivity index (χ0n) is 14.7. The summed E-state index contributed by atoms with van der Waals surface area (Å²) in [6.45, 7) is 8.92. The minimum absolute atomic E-state index is 0. The first-order valence-corrected chi connectivity index (χ1v) is 7.83. The van der Waals surface area contributed by atoms with Gasteiger partial charge in [0.15, 0.2) is 5.82 Å². The van der Waals surface area contributed by atoms with Gasteiger partial charge in [0.1, 0.15) is 6.10 Å². The third-order valence-corrected chi connectivity index (χ3v) is 4.18. The Balaban J connectivity index is 0.00000484. The number of ether oxygens (including phenoxy) is 1. The first kappa shape index (κ1) is 21.8. The monoisotopic (exact) mass is 348 g/mol. The average molecular weight is 349 g/mol. The van der Waals surface area contributed by atoms with E-state index in [9.17, 15) is 4.79 Å². The summed E-state index contributed by atoms with van der Waals surface area (Å²) < 4.78 is 10.6. The van der Waals surface area contributed by atoms with Crippen molar-refractivity contribution in [2.24, 2.45) is 11.1 Å². The number of hydrogen-bond donors (Lipinski definition) is 1. The van der Waals surface area contributed by atoms with Gasteiger partial charge in [-0.2, -0.15) is 4.98 Å². The van der Waals surface area contributed by atoms with Gasteiger partial charge in [0, 0.05) is 20.2 Å². The highest BCUT2D eigenvalue weighted by molar-refractivity contribution is 5.85. The quantitative estimate of drug-likeness (QED) is 0.735. The van der Waals surface area contributed by atoms with Crippen molar-refractivity contribution >= 4 is 18.3 Å². The van der Waals surface area contributed by atoms with Gasteiger partial charge in [0.25, 0.3) is 0 Å². The minimum atomic E-state index is -0.518. The van der Waals surface area contributed by atoms with E-state index in [4.69, 9.17) is 15.0 Å². The summed E-state index contributed by atoms with van der Waals surface area (Å²) in [6, 6.07) is 0. The zero-order chi connectivity index (χ0) is 16.8. The summed E-state index contributed by atoms with van der Waals surface area (Å²) in [7, 11) is 1.73. The van der Waals surface area contributed by atoms with Gasteiger partial charge in [-0.1, -0.05) is 19.0 Å². The fraction of sp³-hybridized carbons (Fsp3) is 0.800. The summed E-state index contributed by atoms with van der Waals surface area (Å²) in [5, 5.41) is 3.90. The Bertz CT molecular complexity index is 469. The number of nitrogens with two attached hydrogens (primary N) is 1. The number of hydrogen-bond acceptors (Lipinski definition) is 6. The molecule has 0 bridgehead atoms. The Labute approximate surface area is 144 Å². The molecule has 1 heterocycles. The van der Waals surface area contributed by atoms with Gasteiger partial charge < -0.3 is 19.9 Å². The molecule has 0 saturated heterocycles. The molecule has 0 aliphatic rings. The number of amides is 1. The molecule has 1 amide bonds. The first-order valence-electron chi connectivity index (χ1n) is 7.83. The molecule has 0 fully saturated rings. The van der Waals surface area contributed by atoms with Crippen LogP contribution in [-0.4, -0.2) is 41.1 Å². The van der Waals surface area contributed by atoms with Crippen molar-refractivity contribution < 1.29 is 14.1 Å². The predicted octanol–water partition coefficient (Wildman–Crippen LogP) is 2.31. The van der Waals surface area contributed by atoms with E-state index in [1.165, 1.54) is 0 Å². The standard InChI is InChI=1S/C15H28N4O3.ClH/c1-6-15(7-2,10-16)14(20)19(5)9-12-17-13(18-22-12)11(4)21-8-3;/h11H,6-10,16H2,1-5H3;1H. The van der Waals surface area contributed by atoms with Crippen LogP contribution in [0, 0.1) is 5.41 Å². The van der Waals surface area contributed by atoms with Crippen LogP contribution in [0.5, 0.6) is 0 Å². The normalized spacial score (nSPS) is 12.6. The van der Waals surface area contributed by atoms with Gasteiger partial charge >= 0.3 is 0 Å². The van der Waals surface area contributed by atoms with E-state index < -0.39 is 5.41 Å². The Morgan fingerprint density at radius 2 is 2.00 bits per heavy atom. The van der Waals surface area contributed by atoms with Crippen LogP contribution in [0.2, 0.25) is 0 Å². The lowest BCUT2D eigenvalue weighted by atomic mass is 9.81. The van der Waals surface area contributed by atoms with Crippen molar-refractivity contribution in [3.8, 4) is 0 Å². The molecule has 1 atom stereocenters. The fourth-order valence-corrected chi connectivity index (χ4v) is 2.43. The molecule has 134 valence electrons. The number of aromatic nitrogens is 2. The SMILES string of the molecule is CCOC(C)c1noc(CN(C)C(=O)C(CC)(CC)CN)n1.Cl. The van der Waals surface area contributed by atoms with Crippen LogP contribution in [0.15, 0.2) is 4.52 Å². The average Bonchev–Trinajstić information content (AvgIpc) is 2.98. The van der Waals surface area contributed by atoms with Crippen LogP contribution in [-0.2, 0) is 16.1 Å². The second kappa shape index (κ2) is 9.85. The van der Waals surface area contributed by atoms with E-state index in [2.05, 4.69) is 10.1 Å². The molecule has 8 heteroatoms. The molecule has 23 heavy (non-hydrogen) atoms. The highest BCUT2D eigenvalue weighted by atomic mass is 35.5. The second-order valence-electron chi connectivity index (χ2n) is 5.50. The smallest absolute Gasteiger partial charge is 0.246 e. The summed E-state index contributed by atoms with van der Waals surface area (Å²) in [5.74, 6) is 0.905. The number of halogens is 1. The van der Waals surface area contributed by atoms with Gasteiger partial charge in [-0.3, -0.25) is 4.79 Å². The van der Waals surface area contributed by atoms with E-state index >= 15 is 0 Å². The van der Waals surface area contributed by atoms with Crippen LogP contribution in [0.25, 0.3) is 0 Å². The summed E-state index contributed by atoms with van der Waals surface area (Å²) in [5.41, 5.74) is 5.30. The van der Waals surface area contributed by atoms with Crippen LogP contribution in [0.3, 0.4) is 0 Å². The number of nitrogens with zero attached hydrogens (tertiary/aromatic N) is 3. The minimum Gasteiger partial charge on any atom is -0.371 e. The highest BCUT2D eigenvalue weighted by Gasteiger charge is 2.36. The summed E-state index contributed by atoms with van der Waals surface area (Å²) in [6.07, 6.45) is 1.19. The van der Waals surface area contributed by atoms with Gasteiger partial charge in [0.05, 0.1) is 12.0 Å². The molecular formula is C15H29ClN4O3. The summed E-state index contributed by atoms with van der Waals surface area (Å²) in [4.78, 5) is 18.5. The van der Waals surface area contributed by atoms with Crippen molar-refractivity contribution in [3.63, 3.8) is 0 Å². The maximum absolute atomic E-state index is 12.6. The van der Waals surface area contributed by atoms with Crippen molar-refractivity contribution in [2.45, 2.75) is 53.2 Å². The molecule has 0 spiro atoms. The Morgan fingerprint density at radius 1 is 1.39 bits per heavy atom. The molecule has 2 N–H and O–H groups in total. The molecule has 0 aromatic carbocycles. The van der Waals surface area contributed by atoms with E-state index in [1.54, 1.807) is 11.9 Å². The van der Waals surface area contributed by atoms with Gasteiger partial charge in [-0.25, -0.2) is 0 Å². The molecule has 0 aliphatic carbocycles.